The molecule has 0 amide bonds. The molecule has 28 heavy (non-hydrogen) atoms. The predicted octanol–water partition coefficient (Wildman–Crippen LogP) is 7.84. The van der Waals surface area contributed by atoms with Gasteiger partial charge in [-0.15, -0.1) is 0 Å². The van der Waals surface area contributed by atoms with Gasteiger partial charge in [-0.2, -0.15) is 0 Å². The summed E-state index contributed by atoms with van der Waals surface area (Å²) < 4.78 is 0. The molecule has 0 fully saturated rings. The van der Waals surface area contributed by atoms with Gasteiger partial charge in [0.1, 0.15) is 0 Å². The predicted molar refractivity (Wildman–Crippen MR) is 121 cm³/mol. The molecular formula is C28H22. The van der Waals surface area contributed by atoms with Crippen LogP contribution in [0.15, 0.2) is 78.9 Å². The van der Waals surface area contributed by atoms with Crippen LogP contribution in [0, 0.1) is 0 Å². The van der Waals surface area contributed by atoms with Crippen LogP contribution in [0.5, 0.6) is 0 Å². The van der Waals surface area contributed by atoms with Crippen molar-refractivity contribution >= 4 is 32.3 Å². The molecule has 0 bridgehead atoms. The first-order valence-electron chi connectivity index (χ1n) is 10.2. The van der Waals surface area contributed by atoms with E-state index in [1.165, 1.54) is 60.1 Å². The SMILES string of the molecule is CC(C)c1ccc2c(c1)Cc1cc3c4ccccc4c4ccccc4c3cc1-2. The molecule has 0 N–H and O–H groups in total. The first kappa shape index (κ1) is 15.9. The number of hydrogen-bond acceptors (Lipinski definition) is 0. The molecular weight excluding hydrogens is 336 g/mol. The van der Waals surface area contributed by atoms with Gasteiger partial charge < -0.3 is 0 Å². The van der Waals surface area contributed by atoms with E-state index < -0.39 is 0 Å². The maximum atomic E-state index is 2.45. The molecule has 0 aromatic heterocycles. The van der Waals surface area contributed by atoms with Crippen LogP contribution in [-0.2, 0) is 6.42 Å². The first-order chi connectivity index (χ1) is 13.7. The highest BCUT2D eigenvalue weighted by Gasteiger charge is 2.21. The quantitative estimate of drug-likeness (QED) is 0.263. The second-order valence-corrected chi connectivity index (χ2v) is 8.39. The van der Waals surface area contributed by atoms with E-state index in [0.717, 1.165) is 6.42 Å². The number of hydrogen-bond donors (Lipinski definition) is 0. The molecule has 1 aliphatic carbocycles. The van der Waals surface area contributed by atoms with Crippen LogP contribution in [0.3, 0.4) is 0 Å². The Morgan fingerprint density at radius 3 is 1.68 bits per heavy atom. The van der Waals surface area contributed by atoms with E-state index in [9.17, 15) is 0 Å². The Morgan fingerprint density at radius 1 is 0.536 bits per heavy atom. The van der Waals surface area contributed by atoms with Crippen molar-refractivity contribution in [3.63, 3.8) is 0 Å². The molecule has 134 valence electrons. The minimum absolute atomic E-state index is 0.570. The van der Waals surface area contributed by atoms with Gasteiger partial charge in [0, 0.05) is 0 Å². The summed E-state index contributed by atoms with van der Waals surface area (Å²) in [6, 6.07) is 29.6. The second kappa shape index (κ2) is 5.69. The lowest BCUT2D eigenvalue weighted by atomic mass is 9.91. The van der Waals surface area contributed by atoms with E-state index in [1.54, 1.807) is 0 Å². The summed E-state index contributed by atoms with van der Waals surface area (Å²) in [4.78, 5) is 0. The summed E-state index contributed by atoms with van der Waals surface area (Å²) in [5.41, 5.74) is 7.21. The summed E-state index contributed by atoms with van der Waals surface area (Å²) in [5, 5.41) is 8.16. The fourth-order valence-corrected chi connectivity index (χ4v) is 4.98. The van der Waals surface area contributed by atoms with Crippen molar-refractivity contribution in [2.24, 2.45) is 0 Å². The zero-order valence-corrected chi connectivity index (χ0v) is 16.3. The monoisotopic (exact) mass is 358 g/mol. The van der Waals surface area contributed by atoms with Crippen LogP contribution < -0.4 is 0 Å². The van der Waals surface area contributed by atoms with E-state index >= 15 is 0 Å². The van der Waals surface area contributed by atoms with Crippen molar-refractivity contribution in [2.45, 2.75) is 26.2 Å². The average Bonchev–Trinajstić information content (AvgIpc) is 3.09. The Morgan fingerprint density at radius 2 is 1.07 bits per heavy atom. The molecule has 0 unspecified atom stereocenters. The van der Waals surface area contributed by atoms with Crippen molar-refractivity contribution < 1.29 is 0 Å². The Bertz CT molecular complexity index is 1400. The Balaban J connectivity index is 1.72. The van der Waals surface area contributed by atoms with Gasteiger partial charge >= 0.3 is 0 Å². The maximum absolute atomic E-state index is 2.45. The lowest BCUT2D eigenvalue weighted by Crippen LogP contribution is -1.89. The van der Waals surface area contributed by atoms with Gasteiger partial charge in [0.25, 0.3) is 0 Å². The molecule has 1 aliphatic rings. The summed E-state index contributed by atoms with van der Waals surface area (Å²) in [6.07, 6.45) is 1.04. The smallest absolute Gasteiger partial charge is 0.00131 e. The fraction of sp³-hybridized carbons (Fsp3) is 0.143. The molecule has 0 atom stereocenters. The molecule has 0 saturated carbocycles. The summed E-state index contributed by atoms with van der Waals surface area (Å²) in [7, 11) is 0. The minimum atomic E-state index is 0.570. The largest absolute Gasteiger partial charge is 0.0616 e. The van der Waals surface area contributed by atoms with Gasteiger partial charge in [-0.25, -0.2) is 0 Å². The number of rotatable bonds is 1. The third-order valence-corrected chi connectivity index (χ3v) is 6.44. The zero-order valence-electron chi connectivity index (χ0n) is 16.3. The topological polar surface area (TPSA) is 0 Å². The molecule has 0 aliphatic heterocycles. The minimum Gasteiger partial charge on any atom is -0.0616 e. The van der Waals surface area contributed by atoms with Gasteiger partial charge in [-0.05, 0) is 84.6 Å². The van der Waals surface area contributed by atoms with Crippen molar-refractivity contribution in [1.82, 2.24) is 0 Å². The van der Waals surface area contributed by atoms with E-state index in [1.807, 2.05) is 0 Å². The van der Waals surface area contributed by atoms with Crippen LogP contribution in [-0.4, -0.2) is 0 Å². The number of benzene rings is 5. The normalized spacial score (nSPS) is 12.8. The fourth-order valence-electron chi connectivity index (χ4n) is 4.98. The van der Waals surface area contributed by atoms with Crippen LogP contribution >= 0.6 is 0 Å². The zero-order chi connectivity index (χ0) is 18.8. The van der Waals surface area contributed by atoms with Crippen molar-refractivity contribution in [1.29, 1.82) is 0 Å². The van der Waals surface area contributed by atoms with Crippen LogP contribution in [0.2, 0.25) is 0 Å². The van der Waals surface area contributed by atoms with E-state index in [0.29, 0.717) is 5.92 Å². The molecule has 5 aromatic carbocycles. The summed E-state index contributed by atoms with van der Waals surface area (Å²) >= 11 is 0. The van der Waals surface area contributed by atoms with Gasteiger partial charge in [0.15, 0.2) is 0 Å². The highest BCUT2D eigenvalue weighted by atomic mass is 14.2. The van der Waals surface area contributed by atoms with Gasteiger partial charge in [0.2, 0.25) is 0 Å². The Hall–Kier alpha value is -3.12. The third-order valence-electron chi connectivity index (χ3n) is 6.44. The van der Waals surface area contributed by atoms with E-state index in [2.05, 4.69) is 92.7 Å². The third kappa shape index (κ3) is 2.12. The van der Waals surface area contributed by atoms with Crippen LogP contribution in [0.25, 0.3) is 43.4 Å². The first-order valence-corrected chi connectivity index (χ1v) is 10.2. The molecule has 0 radical (unpaired) electrons. The number of fused-ring (bicyclic) bond motifs is 9. The second-order valence-electron chi connectivity index (χ2n) is 8.39. The summed E-state index contributed by atoms with van der Waals surface area (Å²) in [6.45, 7) is 4.55. The molecule has 0 saturated heterocycles. The molecule has 0 heterocycles. The van der Waals surface area contributed by atoms with Crippen molar-refractivity contribution in [3.8, 4) is 11.1 Å². The van der Waals surface area contributed by atoms with Gasteiger partial charge in [-0.3, -0.25) is 0 Å². The maximum Gasteiger partial charge on any atom is -0.00131 e. The molecule has 0 nitrogen and oxygen atoms in total. The molecule has 6 rings (SSSR count). The highest BCUT2D eigenvalue weighted by molar-refractivity contribution is 6.26. The van der Waals surface area contributed by atoms with Gasteiger partial charge in [0.05, 0.1) is 0 Å². The standard InChI is InChI=1S/C28H22/c1-17(2)18-11-12-21-19(13-18)14-20-15-27-24-9-5-3-7-22(24)23-8-4-6-10-25(23)28(27)16-26(20)21/h3-13,15-17H,14H2,1-2H3. The molecule has 5 aromatic rings. The Labute approximate surface area is 165 Å². The summed E-state index contributed by atoms with van der Waals surface area (Å²) in [5.74, 6) is 0.570. The lowest BCUT2D eigenvalue weighted by molar-refractivity contribution is 0.864. The van der Waals surface area contributed by atoms with E-state index in [4.69, 9.17) is 0 Å². The molecule has 0 heteroatoms. The Kier molecular flexibility index (Phi) is 3.23. The average molecular weight is 358 g/mol. The van der Waals surface area contributed by atoms with E-state index in [-0.39, 0.29) is 0 Å². The van der Waals surface area contributed by atoms with Crippen molar-refractivity contribution in [3.05, 3.63) is 95.6 Å². The van der Waals surface area contributed by atoms with Crippen LogP contribution in [0.4, 0.5) is 0 Å². The van der Waals surface area contributed by atoms with Crippen molar-refractivity contribution in [2.75, 3.05) is 0 Å². The van der Waals surface area contributed by atoms with Gasteiger partial charge in [-0.1, -0.05) is 80.6 Å². The highest BCUT2D eigenvalue weighted by Crippen LogP contribution is 2.43. The lowest BCUT2D eigenvalue weighted by Gasteiger charge is -2.12. The molecule has 0 spiro atoms. The van der Waals surface area contributed by atoms with Crippen LogP contribution in [0.1, 0.15) is 36.5 Å².